The van der Waals surface area contributed by atoms with Crippen molar-refractivity contribution in [1.29, 1.82) is 0 Å². The van der Waals surface area contributed by atoms with Crippen LogP contribution in [-0.2, 0) is 26.7 Å². The maximum Gasteiger partial charge on any atom is 0.251 e. The first kappa shape index (κ1) is 16.2. The SMILES string of the molecule is CC(=O)N=S(N)(=O)c1sc(C(C)(C)O)nc1CCO. The van der Waals surface area contributed by atoms with Crippen LogP contribution in [0.5, 0.6) is 0 Å². The summed E-state index contributed by atoms with van der Waals surface area (Å²) in [6, 6.07) is 0. The van der Waals surface area contributed by atoms with E-state index < -0.39 is 21.4 Å². The van der Waals surface area contributed by atoms with Crippen molar-refractivity contribution in [2.24, 2.45) is 9.50 Å². The molecule has 0 spiro atoms. The van der Waals surface area contributed by atoms with E-state index in [1.165, 1.54) is 13.8 Å². The Hall–Kier alpha value is -0.870. The number of hydrogen-bond acceptors (Lipinski definition) is 6. The minimum atomic E-state index is -3.39. The van der Waals surface area contributed by atoms with Gasteiger partial charge in [0.25, 0.3) is 5.91 Å². The molecule has 0 radical (unpaired) electrons. The van der Waals surface area contributed by atoms with Crippen LogP contribution in [0.1, 0.15) is 31.5 Å². The molecule has 1 heterocycles. The smallest absolute Gasteiger partial charge is 0.251 e. The molecule has 19 heavy (non-hydrogen) atoms. The fraction of sp³-hybridized carbons (Fsp3) is 0.600. The average Bonchev–Trinajstić information content (AvgIpc) is 2.60. The number of rotatable bonds is 4. The highest BCUT2D eigenvalue weighted by molar-refractivity contribution is 7.93. The second-order valence-corrected chi connectivity index (χ2v) is 7.45. The van der Waals surface area contributed by atoms with Gasteiger partial charge in [0.05, 0.1) is 5.69 Å². The van der Waals surface area contributed by atoms with Gasteiger partial charge in [-0.2, -0.15) is 0 Å². The van der Waals surface area contributed by atoms with Crippen molar-refractivity contribution in [2.45, 2.75) is 37.0 Å². The van der Waals surface area contributed by atoms with Crippen LogP contribution < -0.4 is 5.14 Å². The molecule has 0 bridgehead atoms. The van der Waals surface area contributed by atoms with Crippen LogP contribution >= 0.6 is 11.3 Å². The first-order valence-corrected chi connectivity index (χ1v) is 7.86. The third-order valence-corrected chi connectivity index (χ3v) is 5.53. The zero-order valence-corrected chi connectivity index (χ0v) is 12.5. The van der Waals surface area contributed by atoms with E-state index in [9.17, 15) is 14.1 Å². The molecule has 1 atom stereocenters. The Bertz CT molecular complexity index is 594. The van der Waals surface area contributed by atoms with E-state index in [1.807, 2.05) is 0 Å². The molecule has 4 N–H and O–H groups in total. The van der Waals surface area contributed by atoms with Gasteiger partial charge in [-0.25, -0.2) is 14.3 Å². The minimum Gasteiger partial charge on any atom is -0.396 e. The van der Waals surface area contributed by atoms with Gasteiger partial charge in [0.15, 0.2) is 9.92 Å². The molecule has 0 saturated carbocycles. The standard InChI is InChI=1S/C10H17N3O4S2/c1-6(15)13-19(11,17)8-7(4-5-14)12-9(18-8)10(2,3)16/h14,16H,4-5H2,1-3H3,(H2,11,13,15,17). The number of nitrogens with two attached hydrogens (primary N) is 1. The van der Waals surface area contributed by atoms with E-state index >= 15 is 0 Å². The number of aliphatic hydroxyl groups is 2. The molecule has 7 nitrogen and oxygen atoms in total. The predicted molar refractivity (Wildman–Crippen MR) is 71.9 cm³/mol. The Kier molecular flexibility index (Phi) is 4.80. The van der Waals surface area contributed by atoms with Crippen molar-refractivity contribution in [2.75, 3.05) is 6.61 Å². The maximum absolute atomic E-state index is 12.2. The second-order valence-electron chi connectivity index (χ2n) is 4.46. The van der Waals surface area contributed by atoms with Gasteiger partial charge < -0.3 is 10.2 Å². The lowest BCUT2D eigenvalue weighted by molar-refractivity contribution is -0.115. The zero-order chi connectivity index (χ0) is 14.8. The summed E-state index contributed by atoms with van der Waals surface area (Å²) in [6.07, 6.45) is 0.129. The average molecular weight is 307 g/mol. The molecule has 0 aromatic carbocycles. The molecule has 0 aliphatic carbocycles. The third kappa shape index (κ3) is 4.05. The normalized spacial score (nSPS) is 15.1. The van der Waals surface area contributed by atoms with Gasteiger partial charge in [0, 0.05) is 20.0 Å². The van der Waals surface area contributed by atoms with Crippen LogP contribution in [0.3, 0.4) is 0 Å². The number of carbonyl (C=O) groups excluding carboxylic acids is 1. The summed E-state index contributed by atoms with van der Waals surface area (Å²) in [7, 11) is -3.39. The van der Waals surface area contributed by atoms with E-state index in [0.717, 1.165) is 18.3 Å². The molecule has 108 valence electrons. The maximum atomic E-state index is 12.2. The van der Waals surface area contributed by atoms with Crippen molar-refractivity contribution in [3.8, 4) is 0 Å². The summed E-state index contributed by atoms with van der Waals surface area (Å²) in [5, 5.41) is 24.8. The van der Waals surface area contributed by atoms with E-state index in [1.54, 1.807) is 0 Å². The van der Waals surface area contributed by atoms with Crippen LogP contribution in [0.4, 0.5) is 0 Å². The fourth-order valence-electron chi connectivity index (χ4n) is 1.32. The summed E-state index contributed by atoms with van der Waals surface area (Å²) < 4.78 is 15.7. The Labute approximate surface area is 115 Å². The molecule has 9 heteroatoms. The highest BCUT2D eigenvalue weighted by Gasteiger charge is 2.27. The zero-order valence-electron chi connectivity index (χ0n) is 10.9. The summed E-state index contributed by atoms with van der Waals surface area (Å²) >= 11 is 0.937. The third-order valence-electron chi connectivity index (χ3n) is 2.06. The summed E-state index contributed by atoms with van der Waals surface area (Å²) in [5.74, 6) is -0.652. The van der Waals surface area contributed by atoms with E-state index in [-0.39, 0.29) is 17.2 Å². The molecule has 1 aromatic rings. The fourth-order valence-corrected chi connectivity index (χ4v) is 3.95. The number of hydrogen-bond donors (Lipinski definition) is 3. The number of aromatic nitrogens is 1. The van der Waals surface area contributed by atoms with E-state index in [4.69, 9.17) is 10.2 Å². The largest absolute Gasteiger partial charge is 0.396 e. The molecule has 0 aliphatic heterocycles. The van der Waals surface area contributed by atoms with Gasteiger partial charge in [-0.3, -0.25) is 4.79 Å². The second kappa shape index (κ2) is 5.63. The topological polar surface area (TPSA) is 126 Å². The number of nitrogens with zero attached hydrogens (tertiary/aromatic N) is 2. The van der Waals surface area contributed by atoms with Crippen molar-refractivity contribution < 1.29 is 19.2 Å². The lowest BCUT2D eigenvalue weighted by Crippen LogP contribution is -2.15. The van der Waals surface area contributed by atoms with Gasteiger partial charge >= 0.3 is 0 Å². The molecule has 0 fully saturated rings. The molecular weight excluding hydrogens is 290 g/mol. The van der Waals surface area contributed by atoms with Gasteiger partial charge in [-0.05, 0) is 13.8 Å². The Morgan fingerprint density at radius 2 is 2.16 bits per heavy atom. The van der Waals surface area contributed by atoms with Gasteiger partial charge in [0.1, 0.15) is 14.8 Å². The summed E-state index contributed by atoms with van der Waals surface area (Å²) in [6.45, 7) is 3.99. The van der Waals surface area contributed by atoms with Crippen LogP contribution in [0, 0.1) is 0 Å². The van der Waals surface area contributed by atoms with Crippen molar-refractivity contribution in [3.63, 3.8) is 0 Å². The number of carbonyl (C=O) groups is 1. The number of thiazole rings is 1. The van der Waals surface area contributed by atoms with Gasteiger partial charge in [-0.15, -0.1) is 15.7 Å². The van der Waals surface area contributed by atoms with Crippen molar-refractivity contribution in [3.05, 3.63) is 10.7 Å². The number of amides is 1. The van der Waals surface area contributed by atoms with E-state index in [0.29, 0.717) is 10.7 Å². The molecule has 0 saturated heterocycles. The van der Waals surface area contributed by atoms with Crippen LogP contribution in [-0.4, -0.2) is 31.9 Å². The van der Waals surface area contributed by atoms with Crippen LogP contribution in [0.15, 0.2) is 8.57 Å². The lowest BCUT2D eigenvalue weighted by atomic mass is 10.1. The van der Waals surface area contributed by atoms with Gasteiger partial charge in [0.2, 0.25) is 0 Å². The molecule has 1 aromatic heterocycles. The van der Waals surface area contributed by atoms with Gasteiger partial charge in [-0.1, -0.05) is 0 Å². The molecule has 1 rings (SSSR count). The molecule has 0 aliphatic rings. The van der Waals surface area contributed by atoms with E-state index in [2.05, 4.69) is 9.35 Å². The van der Waals surface area contributed by atoms with Crippen LogP contribution in [0.2, 0.25) is 0 Å². The van der Waals surface area contributed by atoms with Crippen LogP contribution in [0.25, 0.3) is 0 Å². The minimum absolute atomic E-state index is 0.119. The van der Waals surface area contributed by atoms with Crippen molar-refractivity contribution >= 4 is 27.2 Å². The Balaban J connectivity index is 3.46. The monoisotopic (exact) mass is 307 g/mol. The van der Waals surface area contributed by atoms with Crippen molar-refractivity contribution in [1.82, 2.24) is 4.98 Å². The molecule has 1 amide bonds. The highest BCUT2D eigenvalue weighted by atomic mass is 32.2. The quantitative estimate of drug-likeness (QED) is 0.730. The number of aliphatic hydroxyl groups excluding tert-OH is 1. The lowest BCUT2D eigenvalue weighted by Gasteiger charge is -2.12. The molecular formula is C10H17N3O4S2. The summed E-state index contributed by atoms with van der Waals surface area (Å²) in [5.41, 5.74) is -0.930. The Morgan fingerprint density at radius 3 is 2.58 bits per heavy atom. The Morgan fingerprint density at radius 1 is 1.58 bits per heavy atom. The first-order chi connectivity index (χ1) is 8.58. The first-order valence-electron chi connectivity index (χ1n) is 5.47. The summed E-state index contributed by atoms with van der Waals surface area (Å²) in [4.78, 5) is 15.1. The molecule has 1 unspecified atom stereocenters. The predicted octanol–water partition coefficient (Wildman–Crippen LogP) is 0.152. The highest BCUT2D eigenvalue weighted by Crippen LogP contribution is 2.31.